The van der Waals surface area contributed by atoms with Crippen LogP contribution in [0.2, 0.25) is 0 Å². The van der Waals surface area contributed by atoms with Crippen molar-refractivity contribution < 1.29 is 9.59 Å². The van der Waals surface area contributed by atoms with Gasteiger partial charge >= 0.3 is 0 Å². The summed E-state index contributed by atoms with van der Waals surface area (Å²) < 4.78 is 0. The minimum absolute atomic E-state index is 0.0590. The Kier molecular flexibility index (Phi) is 5.65. The van der Waals surface area contributed by atoms with Crippen molar-refractivity contribution in [1.82, 2.24) is 20.3 Å². The Balaban J connectivity index is 1.52. The highest BCUT2D eigenvalue weighted by molar-refractivity contribution is 5.94. The summed E-state index contributed by atoms with van der Waals surface area (Å²) in [6.45, 7) is 5.34. The van der Waals surface area contributed by atoms with E-state index in [0.717, 1.165) is 22.6 Å². The summed E-state index contributed by atoms with van der Waals surface area (Å²) in [6, 6.07) is 6.14. The molecule has 1 aromatic carbocycles. The highest BCUT2D eigenvalue weighted by Crippen LogP contribution is 2.14. The molecule has 3 rings (SSSR count). The van der Waals surface area contributed by atoms with Crippen molar-refractivity contribution in [2.24, 2.45) is 5.10 Å². The lowest BCUT2D eigenvalue weighted by Gasteiger charge is -2.21. The minimum atomic E-state index is -0.0590. The van der Waals surface area contributed by atoms with Crippen LogP contribution in [0.4, 0.5) is 0 Å². The van der Waals surface area contributed by atoms with Gasteiger partial charge in [0.05, 0.1) is 11.0 Å². The number of carbonyl (C=O) groups is 2. The first-order valence-electron chi connectivity index (χ1n) is 9.12. The first-order chi connectivity index (χ1) is 12.5. The molecule has 0 fully saturated rings. The molecule has 0 saturated heterocycles. The maximum absolute atomic E-state index is 12.5. The van der Waals surface area contributed by atoms with Crippen LogP contribution in [0.3, 0.4) is 0 Å². The molecule has 7 nitrogen and oxygen atoms in total. The van der Waals surface area contributed by atoms with Crippen molar-refractivity contribution in [2.75, 3.05) is 13.1 Å². The fraction of sp³-hybridized carbons (Fsp3) is 0.474. The molecule has 138 valence electrons. The summed E-state index contributed by atoms with van der Waals surface area (Å²) in [5, 5.41) is 4.02. The number of likely N-dealkylation sites (N-methyl/N-ethyl adjacent to an activating group) is 1. The van der Waals surface area contributed by atoms with Gasteiger partial charge in [0.25, 0.3) is 0 Å². The van der Waals surface area contributed by atoms with Gasteiger partial charge in [0.15, 0.2) is 0 Å². The Hall–Kier alpha value is -2.70. The Morgan fingerprint density at radius 1 is 1.27 bits per heavy atom. The number of imidazole rings is 1. The number of amides is 2. The number of H-pyrrole nitrogens is 1. The van der Waals surface area contributed by atoms with Gasteiger partial charge in [-0.15, -0.1) is 0 Å². The van der Waals surface area contributed by atoms with Crippen LogP contribution in [-0.4, -0.2) is 45.5 Å². The third-order valence-corrected chi connectivity index (χ3v) is 4.65. The molecule has 2 N–H and O–H groups in total. The molecule has 26 heavy (non-hydrogen) atoms. The fourth-order valence-corrected chi connectivity index (χ4v) is 3.10. The quantitative estimate of drug-likeness (QED) is 0.798. The van der Waals surface area contributed by atoms with Crippen molar-refractivity contribution in [3.63, 3.8) is 0 Å². The second-order valence-electron chi connectivity index (χ2n) is 6.64. The molecule has 0 aliphatic carbocycles. The number of hydrogen-bond acceptors (Lipinski definition) is 4. The number of aryl methyl sites for hydroxylation is 1. The van der Waals surface area contributed by atoms with E-state index in [-0.39, 0.29) is 11.8 Å². The molecule has 1 aliphatic rings. The van der Waals surface area contributed by atoms with Crippen molar-refractivity contribution in [2.45, 2.75) is 46.0 Å². The first kappa shape index (κ1) is 18.1. The van der Waals surface area contributed by atoms with Crippen LogP contribution in [0.5, 0.6) is 0 Å². The van der Waals surface area contributed by atoms with E-state index in [4.69, 9.17) is 0 Å². The van der Waals surface area contributed by atoms with Crippen LogP contribution in [-0.2, 0) is 16.0 Å². The highest BCUT2D eigenvalue weighted by atomic mass is 16.2. The van der Waals surface area contributed by atoms with Crippen LogP contribution in [0.1, 0.15) is 44.0 Å². The number of carbonyl (C=O) groups excluding carboxylic acids is 2. The lowest BCUT2D eigenvalue weighted by molar-refractivity contribution is -0.130. The Labute approximate surface area is 152 Å². The number of aromatic amines is 1. The number of nitrogens with one attached hydrogen (secondary N) is 2. The average molecular weight is 355 g/mol. The smallest absolute Gasteiger partial charge is 0.240 e. The molecule has 1 aromatic heterocycles. The molecular formula is C19H25N5O2. The van der Waals surface area contributed by atoms with E-state index in [0.29, 0.717) is 45.2 Å². The number of nitrogens with zero attached hydrogens (tertiary/aromatic N) is 3. The van der Waals surface area contributed by atoms with Crippen LogP contribution in [0, 0.1) is 6.92 Å². The molecule has 0 unspecified atom stereocenters. The second kappa shape index (κ2) is 8.12. The van der Waals surface area contributed by atoms with E-state index in [2.05, 4.69) is 33.5 Å². The lowest BCUT2D eigenvalue weighted by Crippen LogP contribution is -2.33. The van der Waals surface area contributed by atoms with Crippen LogP contribution < -0.4 is 5.43 Å². The van der Waals surface area contributed by atoms with Crippen LogP contribution in [0.15, 0.2) is 23.3 Å². The zero-order valence-corrected chi connectivity index (χ0v) is 15.3. The molecule has 0 spiro atoms. The van der Waals surface area contributed by atoms with Gasteiger partial charge in [-0.1, -0.05) is 6.07 Å². The number of aromatic nitrogens is 2. The number of benzene rings is 1. The molecule has 2 heterocycles. The molecule has 7 heteroatoms. The van der Waals surface area contributed by atoms with E-state index in [1.54, 1.807) is 0 Å². The summed E-state index contributed by atoms with van der Waals surface area (Å²) in [4.78, 5) is 33.3. The van der Waals surface area contributed by atoms with Gasteiger partial charge in [-0.25, -0.2) is 10.4 Å². The molecule has 0 saturated carbocycles. The molecule has 2 aromatic rings. The number of fused-ring (bicyclic) bond motifs is 1. The minimum Gasteiger partial charge on any atom is -0.343 e. The van der Waals surface area contributed by atoms with E-state index in [9.17, 15) is 9.59 Å². The van der Waals surface area contributed by atoms with E-state index >= 15 is 0 Å². The standard InChI is InChI=1S/C19H25N5O2/c1-3-24(19(26)9-6-14-5-8-18(25)23-22-14)11-10-17-20-15-7-4-13(2)12-16(15)21-17/h4,7,12H,3,5-6,8-11H2,1-2H3,(H,20,21)(H,23,25). The lowest BCUT2D eigenvalue weighted by atomic mass is 10.1. The fourth-order valence-electron chi connectivity index (χ4n) is 3.10. The summed E-state index contributed by atoms with van der Waals surface area (Å²) in [7, 11) is 0. The maximum atomic E-state index is 12.5. The predicted octanol–water partition coefficient (Wildman–Crippen LogP) is 2.31. The number of hydrogen-bond donors (Lipinski definition) is 2. The molecule has 0 radical (unpaired) electrons. The zero-order valence-electron chi connectivity index (χ0n) is 15.3. The van der Waals surface area contributed by atoms with Gasteiger partial charge in [0.2, 0.25) is 11.8 Å². The van der Waals surface area contributed by atoms with Crippen molar-refractivity contribution in [3.8, 4) is 0 Å². The van der Waals surface area contributed by atoms with Gasteiger partial charge in [0, 0.05) is 38.1 Å². The second-order valence-corrected chi connectivity index (χ2v) is 6.64. The van der Waals surface area contributed by atoms with Gasteiger partial charge in [-0.3, -0.25) is 9.59 Å². The highest BCUT2D eigenvalue weighted by Gasteiger charge is 2.16. The molecule has 2 amide bonds. The average Bonchev–Trinajstić information content (AvgIpc) is 3.03. The number of rotatable bonds is 7. The van der Waals surface area contributed by atoms with Gasteiger partial charge in [-0.05, 0) is 44.4 Å². The first-order valence-corrected chi connectivity index (χ1v) is 9.12. The monoisotopic (exact) mass is 355 g/mol. The Bertz CT molecular complexity index is 840. The number of hydrazone groups is 1. The molecular weight excluding hydrogens is 330 g/mol. The third-order valence-electron chi connectivity index (χ3n) is 4.65. The maximum Gasteiger partial charge on any atom is 0.240 e. The van der Waals surface area contributed by atoms with Gasteiger partial charge < -0.3 is 9.88 Å². The normalized spacial score (nSPS) is 14.2. The third kappa shape index (κ3) is 4.47. The van der Waals surface area contributed by atoms with E-state index < -0.39 is 0 Å². The summed E-state index contributed by atoms with van der Waals surface area (Å²) in [5.41, 5.74) is 6.55. The SMILES string of the molecule is CCN(CCc1nc2ccc(C)cc2[nH]1)C(=O)CCC1=NNC(=O)CC1. The van der Waals surface area contributed by atoms with Gasteiger partial charge in [-0.2, -0.15) is 5.10 Å². The largest absolute Gasteiger partial charge is 0.343 e. The topological polar surface area (TPSA) is 90.4 Å². The van der Waals surface area contributed by atoms with Gasteiger partial charge in [0.1, 0.15) is 5.82 Å². The molecule has 0 bridgehead atoms. The van der Waals surface area contributed by atoms with Crippen molar-refractivity contribution >= 4 is 28.6 Å². The van der Waals surface area contributed by atoms with E-state index in [1.165, 1.54) is 5.56 Å². The summed E-state index contributed by atoms with van der Waals surface area (Å²) in [6.07, 6.45) is 2.81. The van der Waals surface area contributed by atoms with Crippen LogP contribution >= 0.6 is 0 Å². The molecule has 0 atom stereocenters. The zero-order chi connectivity index (χ0) is 18.5. The summed E-state index contributed by atoms with van der Waals surface area (Å²) in [5.74, 6) is 0.951. The van der Waals surface area contributed by atoms with Crippen molar-refractivity contribution in [1.29, 1.82) is 0 Å². The summed E-state index contributed by atoms with van der Waals surface area (Å²) >= 11 is 0. The van der Waals surface area contributed by atoms with E-state index in [1.807, 2.05) is 24.0 Å². The van der Waals surface area contributed by atoms with Crippen LogP contribution in [0.25, 0.3) is 11.0 Å². The van der Waals surface area contributed by atoms with Crippen molar-refractivity contribution in [3.05, 3.63) is 29.6 Å². The molecule has 1 aliphatic heterocycles. The predicted molar refractivity (Wildman–Crippen MR) is 101 cm³/mol. The Morgan fingerprint density at radius 3 is 2.85 bits per heavy atom. The Morgan fingerprint density at radius 2 is 2.12 bits per heavy atom.